The fraction of sp³-hybridized carbons (Fsp3) is 0.333. The fourth-order valence-corrected chi connectivity index (χ4v) is 3.27. The van der Waals surface area contributed by atoms with E-state index in [4.69, 9.17) is 5.73 Å². The van der Waals surface area contributed by atoms with Gasteiger partial charge < -0.3 is 5.73 Å². The topological polar surface area (TPSA) is 26.0 Å². The van der Waals surface area contributed by atoms with E-state index in [0.717, 1.165) is 10.4 Å². The highest BCUT2D eigenvalue weighted by molar-refractivity contribution is 9.10. The van der Waals surface area contributed by atoms with Gasteiger partial charge in [-0.1, -0.05) is 58.7 Å². The fourth-order valence-electron chi connectivity index (χ4n) is 2.89. The molecule has 2 N–H and O–H groups in total. The molecule has 0 heterocycles. The van der Waals surface area contributed by atoms with Crippen LogP contribution in [-0.2, 0) is 0 Å². The minimum Gasteiger partial charge on any atom is -0.320 e. The molecule has 1 unspecified atom stereocenters. The summed E-state index contributed by atoms with van der Waals surface area (Å²) >= 11 is 3.59. The molecular weight excluding hydrogens is 310 g/mol. The van der Waals surface area contributed by atoms with E-state index in [9.17, 15) is 0 Å². The highest BCUT2D eigenvalue weighted by Crippen LogP contribution is 2.37. The van der Waals surface area contributed by atoms with Crippen LogP contribution in [-0.4, -0.2) is 0 Å². The van der Waals surface area contributed by atoms with Gasteiger partial charge in [0.1, 0.15) is 0 Å². The van der Waals surface area contributed by atoms with E-state index in [1.807, 2.05) is 0 Å². The summed E-state index contributed by atoms with van der Waals surface area (Å²) in [6.45, 7) is 2.12. The summed E-state index contributed by atoms with van der Waals surface area (Å²) in [5.74, 6) is 0.755. The van der Waals surface area contributed by atoms with E-state index >= 15 is 0 Å². The Hall–Kier alpha value is -1.12. The molecule has 3 rings (SSSR count). The Kier molecular flexibility index (Phi) is 3.95. The summed E-state index contributed by atoms with van der Waals surface area (Å²) in [5, 5.41) is 0. The first kappa shape index (κ1) is 13.8. The molecule has 0 amide bonds. The molecule has 2 heteroatoms. The zero-order chi connectivity index (χ0) is 14.1. The first-order valence-electron chi connectivity index (χ1n) is 7.27. The van der Waals surface area contributed by atoms with Crippen LogP contribution in [0.5, 0.6) is 0 Å². The van der Waals surface area contributed by atoms with Crippen LogP contribution in [0.1, 0.15) is 53.5 Å². The van der Waals surface area contributed by atoms with Gasteiger partial charge in [0, 0.05) is 4.47 Å². The Morgan fingerprint density at radius 2 is 1.90 bits per heavy atom. The van der Waals surface area contributed by atoms with Gasteiger partial charge in [-0.25, -0.2) is 0 Å². The summed E-state index contributed by atoms with van der Waals surface area (Å²) in [6.07, 6.45) is 4.02. The second-order valence-corrected chi connectivity index (χ2v) is 6.58. The molecule has 20 heavy (non-hydrogen) atoms. The van der Waals surface area contributed by atoms with E-state index in [1.165, 1.54) is 41.5 Å². The molecule has 1 fully saturated rings. The monoisotopic (exact) mass is 329 g/mol. The number of rotatable bonds is 3. The van der Waals surface area contributed by atoms with E-state index in [-0.39, 0.29) is 6.04 Å². The van der Waals surface area contributed by atoms with Gasteiger partial charge >= 0.3 is 0 Å². The zero-order valence-corrected chi connectivity index (χ0v) is 13.4. The molecule has 104 valence electrons. The number of nitrogens with two attached hydrogens (primary N) is 1. The molecule has 0 radical (unpaired) electrons. The van der Waals surface area contributed by atoms with Crippen LogP contribution in [0.3, 0.4) is 0 Å². The highest BCUT2D eigenvalue weighted by atomic mass is 79.9. The Morgan fingerprint density at radius 1 is 1.15 bits per heavy atom. The molecule has 2 aromatic carbocycles. The number of halogens is 1. The van der Waals surface area contributed by atoms with Crippen LogP contribution in [0, 0.1) is 6.92 Å². The Bertz CT molecular complexity index is 617. The zero-order valence-electron chi connectivity index (χ0n) is 11.8. The van der Waals surface area contributed by atoms with Gasteiger partial charge in [0.2, 0.25) is 0 Å². The van der Waals surface area contributed by atoms with Crippen LogP contribution in [0.15, 0.2) is 46.9 Å². The molecule has 0 aliphatic heterocycles. The van der Waals surface area contributed by atoms with Gasteiger partial charge in [0.15, 0.2) is 0 Å². The third kappa shape index (κ3) is 2.55. The largest absolute Gasteiger partial charge is 0.320 e. The van der Waals surface area contributed by atoms with Gasteiger partial charge in [0.05, 0.1) is 6.04 Å². The number of benzene rings is 2. The summed E-state index contributed by atoms with van der Waals surface area (Å²) in [4.78, 5) is 0. The van der Waals surface area contributed by atoms with Crippen molar-refractivity contribution >= 4 is 15.9 Å². The molecule has 1 saturated carbocycles. The van der Waals surface area contributed by atoms with Crippen molar-refractivity contribution < 1.29 is 0 Å². The average Bonchev–Trinajstić information content (AvgIpc) is 2.40. The normalized spacial score (nSPS) is 16.8. The molecule has 1 aliphatic carbocycles. The third-order valence-corrected chi connectivity index (χ3v) is 5.35. The SMILES string of the molecule is Cc1c(Br)cccc1C(N)c1cccc(C2CCC2)c1. The van der Waals surface area contributed by atoms with Crippen LogP contribution < -0.4 is 5.73 Å². The van der Waals surface area contributed by atoms with Gasteiger partial charge in [0.25, 0.3) is 0 Å². The van der Waals surface area contributed by atoms with Crippen molar-refractivity contribution in [2.45, 2.75) is 38.1 Å². The van der Waals surface area contributed by atoms with Crippen LogP contribution >= 0.6 is 15.9 Å². The van der Waals surface area contributed by atoms with E-state index < -0.39 is 0 Å². The highest BCUT2D eigenvalue weighted by Gasteiger charge is 2.20. The number of hydrogen-bond acceptors (Lipinski definition) is 1. The lowest BCUT2D eigenvalue weighted by Gasteiger charge is -2.27. The maximum absolute atomic E-state index is 6.49. The predicted molar refractivity (Wildman–Crippen MR) is 87.9 cm³/mol. The van der Waals surface area contributed by atoms with E-state index in [0.29, 0.717) is 0 Å². The maximum Gasteiger partial charge on any atom is 0.0554 e. The molecule has 1 atom stereocenters. The number of hydrogen-bond donors (Lipinski definition) is 1. The van der Waals surface area contributed by atoms with Gasteiger partial charge in [-0.2, -0.15) is 0 Å². The minimum atomic E-state index is -0.0486. The van der Waals surface area contributed by atoms with Crippen LogP contribution in [0.25, 0.3) is 0 Å². The lowest BCUT2D eigenvalue weighted by Crippen LogP contribution is -2.15. The standard InChI is InChI=1S/C18H20BrN/c1-12-16(9-4-10-17(12)19)18(20)15-8-3-7-14(11-15)13-5-2-6-13/h3-4,7-11,13,18H,2,5-6,20H2,1H3. The van der Waals surface area contributed by atoms with Crippen LogP contribution in [0.4, 0.5) is 0 Å². The summed E-state index contributed by atoms with van der Waals surface area (Å²) in [6, 6.07) is 15.0. The predicted octanol–water partition coefficient (Wildman–Crippen LogP) is 5.07. The summed E-state index contributed by atoms with van der Waals surface area (Å²) in [5.41, 5.74) is 11.6. The molecule has 1 aliphatic rings. The molecule has 2 aromatic rings. The van der Waals surface area contributed by atoms with Crippen molar-refractivity contribution in [3.8, 4) is 0 Å². The van der Waals surface area contributed by atoms with Gasteiger partial charge in [-0.3, -0.25) is 0 Å². The Morgan fingerprint density at radius 3 is 2.60 bits per heavy atom. The average molecular weight is 330 g/mol. The van der Waals surface area contributed by atoms with Crippen molar-refractivity contribution in [1.29, 1.82) is 0 Å². The van der Waals surface area contributed by atoms with Gasteiger partial charge in [-0.05, 0) is 54.0 Å². The lowest BCUT2D eigenvalue weighted by molar-refractivity contribution is 0.419. The van der Waals surface area contributed by atoms with E-state index in [1.54, 1.807) is 0 Å². The molecule has 0 bridgehead atoms. The molecule has 0 spiro atoms. The minimum absolute atomic E-state index is 0.0486. The molecule has 1 nitrogen and oxygen atoms in total. The molecule has 0 saturated heterocycles. The van der Waals surface area contributed by atoms with Crippen LogP contribution in [0.2, 0.25) is 0 Å². The molecule has 0 aromatic heterocycles. The third-order valence-electron chi connectivity index (χ3n) is 4.49. The summed E-state index contributed by atoms with van der Waals surface area (Å²) < 4.78 is 1.13. The second kappa shape index (κ2) is 5.71. The molecular formula is C18H20BrN. The Labute approximate surface area is 129 Å². The maximum atomic E-state index is 6.49. The second-order valence-electron chi connectivity index (χ2n) is 5.73. The first-order chi connectivity index (χ1) is 9.66. The van der Waals surface area contributed by atoms with Crippen molar-refractivity contribution in [2.75, 3.05) is 0 Å². The van der Waals surface area contributed by atoms with Crippen molar-refractivity contribution in [1.82, 2.24) is 0 Å². The lowest BCUT2D eigenvalue weighted by atomic mass is 9.79. The van der Waals surface area contributed by atoms with Gasteiger partial charge in [-0.15, -0.1) is 0 Å². The van der Waals surface area contributed by atoms with E-state index in [2.05, 4.69) is 65.3 Å². The smallest absolute Gasteiger partial charge is 0.0554 e. The Balaban J connectivity index is 1.93. The van der Waals surface area contributed by atoms with Crippen molar-refractivity contribution in [2.24, 2.45) is 5.73 Å². The first-order valence-corrected chi connectivity index (χ1v) is 8.06. The van der Waals surface area contributed by atoms with Crippen molar-refractivity contribution in [3.05, 3.63) is 69.2 Å². The van der Waals surface area contributed by atoms with Crippen molar-refractivity contribution in [3.63, 3.8) is 0 Å². The summed E-state index contributed by atoms with van der Waals surface area (Å²) in [7, 11) is 0. The quantitative estimate of drug-likeness (QED) is 0.835.